The monoisotopic (exact) mass is 630 g/mol. The smallest absolute Gasteiger partial charge is 0.489 e. The van der Waals surface area contributed by atoms with Crippen molar-refractivity contribution >= 4 is 34.8 Å². The molecule has 2 aromatic carbocycles. The number of halogens is 3. The second-order valence-electron chi connectivity index (χ2n) is 11.6. The maximum absolute atomic E-state index is 13.3. The molecule has 3 amide bonds. The Morgan fingerprint density at radius 3 is 2.27 bits per heavy atom. The van der Waals surface area contributed by atoms with Crippen LogP contribution in [-0.4, -0.2) is 64.2 Å². The van der Waals surface area contributed by atoms with Crippen molar-refractivity contribution in [3.63, 3.8) is 0 Å². The third kappa shape index (κ3) is 9.06. The molecule has 4 rings (SSSR count). The Kier molecular flexibility index (Phi) is 9.84. The highest BCUT2D eigenvalue weighted by molar-refractivity contribution is 5.95. The normalized spacial score (nSPS) is 14.8. The fourth-order valence-corrected chi connectivity index (χ4v) is 4.75. The molecule has 0 atom stereocenters. The molecule has 0 saturated carbocycles. The van der Waals surface area contributed by atoms with Gasteiger partial charge in [-0.25, -0.2) is 9.59 Å². The first-order chi connectivity index (χ1) is 21.1. The number of amides is 3. The van der Waals surface area contributed by atoms with Gasteiger partial charge in [0.15, 0.2) is 0 Å². The van der Waals surface area contributed by atoms with Gasteiger partial charge in [-0.05, 0) is 70.0 Å². The first-order valence-corrected chi connectivity index (χ1v) is 14.1. The van der Waals surface area contributed by atoms with E-state index in [1.165, 1.54) is 22.5 Å². The molecule has 0 aliphatic carbocycles. The average molecular weight is 631 g/mol. The van der Waals surface area contributed by atoms with Gasteiger partial charge in [-0.1, -0.05) is 18.2 Å². The number of nitrogens with zero attached hydrogens (tertiary/aromatic N) is 2. The largest absolute Gasteiger partial charge is 0.493 e. The number of nitrogens with one attached hydrogen (secondary N) is 2. The molecule has 1 aliphatic heterocycles. The van der Waals surface area contributed by atoms with Crippen LogP contribution >= 0.6 is 0 Å². The van der Waals surface area contributed by atoms with E-state index in [4.69, 9.17) is 9.47 Å². The van der Waals surface area contributed by atoms with Gasteiger partial charge >= 0.3 is 18.2 Å². The topological polar surface area (TPSA) is 136 Å². The molecule has 11 nitrogen and oxygen atoms in total. The number of pyridine rings is 1. The van der Waals surface area contributed by atoms with E-state index < -0.39 is 47.6 Å². The van der Waals surface area contributed by atoms with Crippen LogP contribution in [0.25, 0.3) is 10.9 Å². The summed E-state index contributed by atoms with van der Waals surface area (Å²) < 4.78 is 48.8. The lowest BCUT2D eigenvalue weighted by atomic mass is 9.83. The number of aromatic nitrogens is 1. The molecule has 14 heteroatoms. The molecular formula is C31H33F3N4O7. The summed E-state index contributed by atoms with van der Waals surface area (Å²) in [6.07, 6.45) is -4.57. The number of alkyl halides is 3. The number of ether oxygens (including phenoxy) is 2. The molecule has 2 heterocycles. The van der Waals surface area contributed by atoms with Crippen LogP contribution in [0.15, 0.2) is 60.8 Å². The summed E-state index contributed by atoms with van der Waals surface area (Å²) >= 11 is 0. The second kappa shape index (κ2) is 13.4. The predicted octanol–water partition coefficient (Wildman–Crippen LogP) is 4.84. The van der Waals surface area contributed by atoms with E-state index in [-0.39, 0.29) is 38.1 Å². The molecule has 0 bridgehead atoms. The fraction of sp³-hybridized carbons (Fsp3) is 0.387. The van der Waals surface area contributed by atoms with Gasteiger partial charge in [0.2, 0.25) is 0 Å². The minimum absolute atomic E-state index is 0.0692. The zero-order valence-corrected chi connectivity index (χ0v) is 24.9. The van der Waals surface area contributed by atoms with Crippen LogP contribution in [0, 0.1) is 0 Å². The lowest BCUT2D eigenvalue weighted by molar-refractivity contribution is -0.207. The number of hydrogen-bond donors (Lipinski definition) is 2. The lowest BCUT2D eigenvalue weighted by Crippen LogP contribution is -2.58. The van der Waals surface area contributed by atoms with Gasteiger partial charge in [-0.15, -0.1) is 0 Å². The first-order valence-electron chi connectivity index (χ1n) is 14.1. The van der Waals surface area contributed by atoms with Crippen LogP contribution in [0.5, 0.6) is 5.75 Å². The van der Waals surface area contributed by atoms with Crippen molar-refractivity contribution in [2.24, 2.45) is 0 Å². The molecule has 3 aromatic rings. The molecule has 0 spiro atoms. The SMILES string of the molecule is CC(C)(C)OC(=O)N1CCC(CC(=O)NOC(=O)C(F)(F)F)(NC(=O)c2ccc(OCc3ccnc4ccccc34)cc2)CC1. The quantitative estimate of drug-likeness (QED) is 0.354. The molecule has 0 radical (unpaired) electrons. The van der Waals surface area contributed by atoms with Crippen molar-refractivity contribution in [2.75, 3.05) is 13.1 Å². The van der Waals surface area contributed by atoms with E-state index in [1.807, 2.05) is 30.3 Å². The Labute approximate surface area is 257 Å². The van der Waals surface area contributed by atoms with Gasteiger partial charge < -0.3 is 24.5 Å². The third-order valence-electron chi connectivity index (χ3n) is 6.99. The maximum Gasteiger partial charge on any atom is 0.493 e. The van der Waals surface area contributed by atoms with E-state index in [1.54, 1.807) is 39.1 Å². The Hall–Kier alpha value is -4.88. The van der Waals surface area contributed by atoms with E-state index in [0.29, 0.717) is 5.75 Å². The van der Waals surface area contributed by atoms with Crippen molar-refractivity contribution < 1.29 is 46.7 Å². The van der Waals surface area contributed by atoms with E-state index in [9.17, 15) is 32.3 Å². The fourth-order valence-electron chi connectivity index (χ4n) is 4.75. The van der Waals surface area contributed by atoms with E-state index >= 15 is 0 Å². The van der Waals surface area contributed by atoms with Crippen molar-refractivity contribution in [3.8, 4) is 5.75 Å². The summed E-state index contributed by atoms with van der Waals surface area (Å²) in [6.45, 7) is 5.57. The summed E-state index contributed by atoms with van der Waals surface area (Å²) in [5.74, 6) is -3.72. The summed E-state index contributed by atoms with van der Waals surface area (Å²) in [5, 5.41) is 3.77. The van der Waals surface area contributed by atoms with E-state index in [2.05, 4.69) is 15.1 Å². The minimum Gasteiger partial charge on any atom is -0.489 e. The number of piperidine rings is 1. The molecule has 0 unspecified atom stereocenters. The Morgan fingerprint density at radius 1 is 0.956 bits per heavy atom. The van der Waals surface area contributed by atoms with Crippen molar-refractivity contribution in [1.82, 2.24) is 20.7 Å². The zero-order chi connectivity index (χ0) is 32.8. The van der Waals surface area contributed by atoms with Gasteiger partial charge in [0.1, 0.15) is 18.0 Å². The third-order valence-corrected chi connectivity index (χ3v) is 6.99. The molecule has 2 N–H and O–H groups in total. The van der Waals surface area contributed by atoms with Crippen LogP contribution in [0.2, 0.25) is 0 Å². The van der Waals surface area contributed by atoms with Gasteiger partial charge in [0.05, 0.1) is 17.5 Å². The van der Waals surface area contributed by atoms with E-state index in [0.717, 1.165) is 16.5 Å². The maximum atomic E-state index is 13.3. The Morgan fingerprint density at radius 2 is 1.62 bits per heavy atom. The zero-order valence-electron chi connectivity index (χ0n) is 24.9. The molecule has 1 aliphatic rings. The number of para-hydroxylation sites is 1. The minimum atomic E-state index is -5.31. The van der Waals surface area contributed by atoms with Crippen LogP contribution in [0.4, 0.5) is 18.0 Å². The highest BCUT2D eigenvalue weighted by Gasteiger charge is 2.43. The molecular weight excluding hydrogens is 597 g/mol. The Bertz CT molecular complexity index is 1540. The summed E-state index contributed by atoms with van der Waals surface area (Å²) in [6, 6.07) is 15.8. The van der Waals surface area contributed by atoms with Gasteiger partial charge in [0, 0.05) is 35.8 Å². The molecule has 1 aromatic heterocycles. The van der Waals surface area contributed by atoms with Crippen molar-refractivity contribution in [1.29, 1.82) is 0 Å². The Balaban J connectivity index is 1.42. The highest BCUT2D eigenvalue weighted by atomic mass is 19.4. The number of rotatable bonds is 7. The molecule has 1 saturated heterocycles. The van der Waals surface area contributed by atoms with Gasteiger partial charge in [0.25, 0.3) is 11.8 Å². The number of benzene rings is 2. The van der Waals surface area contributed by atoms with Crippen molar-refractivity contribution in [3.05, 3.63) is 71.9 Å². The number of likely N-dealkylation sites (tertiary alicyclic amines) is 1. The second-order valence-corrected chi connectivity index (χ2v) is 11.6. The van der Waals surface area contributed by atoms with Crippen LogP contribution in [-0.2, 0) is 25.8 Å². The van der Waals surface area contributed by atoms with Gasteiger partial charge in [-0.3, -0.25) is 14.6 Å². The standard InChI is InChI=1S/C31H33F3N4O7/c1-29(2,3)44-28(42)38-16-13-30(14-17-38,18-25(39)37-45-27(41)31(32,33)34)36-26(40)20-8-10-22(11-9-20)43-19-21-12-15-35-24-7-5-4-6-23(21)24/h4-12,15H,13-14,16-19H2,1-3H3,(H,36,40)(H,37,39). The molecule has 45 heavy (non-hydrogen) atoms. The molecule has 240 valence electrons. The lowest BCUT2D eigenvalue weighted by Gasteiger charge is -2.42. The molecule has 1 fully saturated rings. The highest BCUT2D eigenvalue weighted by Crippen LogP contribution is 2.28. The predicted molar refractivity (Wildman–Crippen MR) is 155 cm³/mol. The van der Waals surface area contributed by atoms with Crippen LogP contribution < -0.4 is 15.5 Å². The summed E-state index contributed by atoms with van der Waals surface area (Å²) in [4.78, 5) is 59.1. The van der Waals surface area contributed by atoms with Crippen molar-refractivity contribution in [2.45, 2.75) is 64.0 Å². The summed E-state index contributed by atoms with van der Waals surface area (Å²) in [5.41, 5.74) is 1.48. The average Bonchev–Trinajstić information content (AvgIpc) is 2.98. The number of carbonyl (C=O) groups excluding carboxylic acids is 4. The summed E-state index contributed by atoms with van der Waals surface area (Å²) in [7, 11) is 0. The van der Waals surface area contributed by atoms with Crippen LogP contribution in [0.1, 0.15) is 56.0 Å². The van der Waals surface area contributed by atoms with Crippen LogP contribution in [0.3, 0.4) is 0 Å². The first kappa shape index (κ1) is 33.0. The number of carbonyl (C=O) groups is 4. The number of hydroxylamine groups is 1. The number of hydrogen-bond acceptors (Lipinski definition) is 8. The van der Waals surface area contributed by atoms with Gasteiger partial charge in [-0.2, -0.15) is 18.7 Å². The number of fused-ring (bicyclic) bond motifs is 1.